The summed E-state index contributed by atoms with van der Waals surface area (Å²) in [6.45, 7) is 0. The molecule has 2 heterocycles. The molecular weight excluding hydrogens is 228 g/mol. The van der Waals surface area contributed by atoms with E-state index in [1.165, 1.54) is 6.07 Å². The summed E-state index contributed by atoms with van der Waals surface area (Å²) in [6, 6.07) is 14.7. The van der Waals surface area contributed by atoms with Gasteiger partial charge in [0.2, 0.25) is 0 Å². The van der Waals surface area contributed by atoms with Gasteiger partial charge in [0.1, 0.15) is 16.7 Å². The number of rotatable bonds is 0. The molecule has 4 rings (SSSR count). The van der Waals surface area contributed by atoms with Gasteiger partial charge in [0.15, 0.2) is 0 Å². The Kier molecular flexibility index (Phi) is 1.70. The first kappa shape index (κ1) is 9.48. The van der Waals surface area contributed by atoms with E-state index in [1.807, 2.05) is 36.4 Å². The zero-order chi connectivity index (χ0) is 12.1. The number of para-hydroxylation sites is 1. The molecule has 0 saturated heterocycles. The molecule has 0 spiro atoms. The van der Waals surface area contributed by atoms with Crippen LogP contribution in [0.5, 0.6) is 0 Å². The molecule has 0 atom stereocenters. The first-order valence-corrected chi connectivity index (χ1v) is 5.67. The van der Waals surface area contributed by atoms with E-state index in [0.29, 0.717) is 5.58 Å². The lowest BCUT2D eigenvalue weighted by Crippen LogP contribution is -1.94. The van der Waals surface area contributed by atoms with Gasteiger partial charge >= 0.3 is 5.63 Å². The van der Waals surface area contributed by atoms with Crippen LogP contribution in [0.4, 0.5) is 0 Å². The Bertz CT molecular complexity index is 944. The molecule has 0 aliphatic heterocycles. The standard InChI is InChI=1S/C15H8O3/c16-13-8-6-9-5-7-12-14(15(9)18-13)10-3-1-2-4-11(10)17-12/h1-8H. The monoisotopic (exact) mass is 236 g/mol. The van der Waals surface area contributed by atoms with Gasteiger partial charge in [-0.15, -0.1) is 0 Å². The summed E-state index contributed by atoms with van der Waals surface area (Å²) in [5.41, 5.74) is 1.77. The SMILES string of the molecule is O=c1ccc2ccc3oc4ccccc4c3c2o1. The van der Waals surface area contributed by atoms with Crippen LogP contribution in [0, 0.1) is 0 Å². The summed E-state index contributed by atoms with van der Waals surface area (Å²) in [5.74, 6) is 0. The van der Waals surface area contributed by atoms with Crippen LogP contribution in [-0.2, 0) is 0 Å². The zero-order valence-electron chi connectivity index (χ0n) is 9.34. The van der Waals surface area contributed by atoms with Gasteiger partial charge in [0.05, 0.1) is 5.39 Å². The second-order valence-electron chi connectivity index (χ2n) is 4.21. The fraction of sp³-hybridized carbons (Fsp3) is 0. The van der Waals surface area contributed by atoms with Crippen molar-refractivity contribution in [2.45, 2.75) is 0 Å². The summed E-state index contributed by atoms with van der Waals surface area (Å²) in [5, 5.41) is 2.72. The van der Waals surface area contributed by atoms with Crippen molar-refractivity contribution in [2.75, 3.05) is 0 Å². The lowest BCUT2D eigenvalue weighted by Gasteiger charge is -1.96. The second kappa shape index (κ2) is 3.23. The van der Waals surface area contributed by atoms with Gasteiger partial charge in [-0.3, -0.25) is 0 Å². The van der Waals surface area contributed by atoms with Gasteiger partial charge in [-0.25, -0.2) is 4.79 Å². The third-order valence-electron chi connectivity index (χ3n) is 3.13. The molecule has 2 aromatic heterocycles. The van der Waals surface area contributed by atoms with Crippen LogP contribution in [0.25, 0.3) is 32.9 Å². The third-order valence-corrected chi connectivity index (χ3v) is 3.13. The molecule has 0 bridgehead atoms. The number of hydrogen-bond acceptors (Lipinski definition) is 3. The maximum atomic E-state index is 11.4. The van der Waals surface area contributed by atoms with E-state index >= 15 is 0 Å². The third kappa shape index (κ3) is 1.16. The molecular formula is C15H8O3. The van der Waals surface area contributed by atoms with Crippen molar-refractivity contribution in [2.24, 2.45) is 0 Å². The van der Waals surface area contributed by atoms with Crippen LogP contribution in [0.1, 0.15) is 0 Å². The summed E-state index contributed by atoms with van der Waals surface area (Å²) < 4.78 is 11.1. The molecule has 0 N–H and O–H groups in total. The Morgan fingerprint density at radius 2 is 1.61 bits per heavy atom. The van der Waals surface area contributed by atoms with Crippen LogP contribution in [0.15, 0.2) is 62.2 Å². The van der Waals surface area contributed by atoms with Gasteiger partial charge < -0.3 is 8.83 Å². The van der Waals surface area contributed by atoms with Crippen LogP contribution in [0.3, 0.4) is 0 Å². The molecule has 0 unspecified atom stereocenters. The van der Waals surface area contributed by atoms with E-state index in [0.717, 1.165) is 27.3 Å². The molecule has 4 aromatic rings. The number of hydrogen-bond donors (Lipinski definition) is 0. The van der Waals surface area contributed by atoms with Gasteiger partial charge in [0, 0.05) is 16.8 Å². The first-order valence-electron chi connectivity index (χ1n) is 5.67. The Morgan fingerprint density at radius 3 is 2.56 bits per heavy atom. The Morgan fingerprint density at radius 1 is 0.778 bits per heavy atom. The van der Waals surface area contributed by atoms with E-state index in [4.69, 9.17) is 8.83 Å². The highest BCUT2D eigenvalue weighted by Crippen LogP contribution is 2.33. The highest BCUT2D eigenvalue weighted by molar-refractivity contribution is 6.16. The Hall–Kier alpha value is -2.55. The Labute approximate surface area is 101 Å². The minimum atomic E-state index is -0.347. The van der Waals surface area contributed by atoms with Crippen molar-refractivity contribution in [3.63, 3.8) is 0 Å². The second-order valence-corrected chi connectivity index (χ2v) is 4.21. The number of furan rings is 1. The van der Waals surface area contributed by atoms with Crippen molar-refractivity contribution in [1.82, 2.24) is 0 Å². The minimum absolute atomic E-state index is 0.347. The fourth-order valence-corrected chi connectivity index (χ4v) is 2.34. The maximum Gasteiger partial charge on any atom is 0.336 e. The molecule has 3 nitrogen and oxygen atoms in total. The zero-order valence-corrected chi connectivity index (χ0v) is 9.34. The normalized spacial score (nSPS) is 11.6. The maximum absolute atomic E-state index is 11.4. The van der Waals surface area contributed by atoms with Crippen LogP contribution in [0.2, 0.25) is 0 Å². The molecule has 0 aliphatic rings. The molecule has 0 amide bonds. The molecule has 2 aromatic carbocycles. The molecule has 0 fully saturated rings. The molecule has 86 valence electrons. The van der Waals surface area contributed by atoms with Crippen molar-refractivity contribution in [1.29, 1.82) is 0 Å². The predicted octanol–water partition coefficient (Wildman–Crippen LogP) is 3.69. The van der Waals surface area contributed by atoms with E-state index in [2.05, 4.69) is 0 Å². The molecule has 0 radical (unpaired) electrons. The Balaban J connectivity index is 2.39. The highest BCUT2D eigenvalue weighted by atomic mass is 16.4. The van der Waals surface area contributed by atoms with Crippen LogP contribution < -0.4 is 5.63 Å². The summed E-state index contributed by atoms with van der Waals surface area (Å²) in [6.07, 6.45) is 0. The molecule has 3 heteroatoms. The quantitative estimate of drug-likeness (QED) is 0.437. The summed E-state index contributed by atoms with van der Waals surface area (Å²) in [4.78, 5) is 11.4. The largest absolute Gasteiger partial charge is 0.456 e. The summed E-state index contributed by atoms with van der Waals surface area (Å²) in [7, 11) is 0. The topological polar surface area (TPSA) is 43.4 Å². The molecule has 0 aliphatic carbocycles. The first-order chi connectivity index (χ1) is 8.83. The highest BCUT2D eigenvalue weighted by Gasteiger charge is 2.11. The van der Waals surface area contributed by atoms with Crippen LogP contribution in [-0.4, -0.2) is 0 Å². The van der Waals surface area contributed by atoms with Gasteiger partial charge in [0.25, 0.3) is 0 Å². The lowest BCUT2D eigenvalue weighted by molar-refractivity contribution is 0.564. The van der Waals surface area contributed by atoms with E-state index in [9.17, 15) is 4.79 Å². The number of benzene rings is 2. The number of fused-ring (bicyclic) bond motifs is 5. The van der Waals surface area contributed by atoms with Crippen molar-refractivity contribution in [3.8, 4) is 0 Å². The lowest BCUT2D eigenvalue weighted by atomic mass is 10.1. The predicted molar refractivity (Wildman–Crippen MR) is 69.8 cm³/mol. The van der Waals surface area contributed by atoms with Gasteiger partial charge in [-0.1, -0.05) is 18.2 Å². The fourth-order valence-electron chi connectivity index (χ4n) is 2.34. The smallest absolute Gasteiger partial charge is 0.336 e. The minimum Gasteiger partial charge on any atom is -0.456 e. The average Bonchev–Trinajstić information content (AvgIpc) is 2.77. The molecule has 0 saturated carbocycles. The average molecular weight is 236 g/mol. The van der Waals surface area contributed by atoms with Crippen molar-refractivity contribution < 1.29 is 8.83 Å². The van der Waals surface area contributed by atoms with E-state index < -0.39 is 0 Å². The van der Waals surface area contributed by atoms with Gasteiger partial charge in [-0.05, 0) is 24.3 Å². The van der Waals surface area contributed by atoms with Crippen molar-refractivity contribution >= 4 is 32.9 Å². The van der Waals surface area contributed by atoms with E-state index in [1.54, 1.807) is 6.07 Å². The molecule has 18 heavy (non-hydrogen) atoms. The van der Waals surface area contributed by atoms with Crippen LogP contribution >= 0.6 is 0 Å². The van der Waals surface area contributed by atoms with Gasteiger partial charge in [-0.2, -0.15) is 0 Å². The van der Waals surface area contributed by atoms with E-state index in [-0.39, 0.29) is 5.63 Å². The summed E-state index contributed by atoms with van der Waals surface area (Å²) >= 11 is 0. The van der Waals surface area contributed by atoms with Crippen molar-refractivity contribution in [3.05, 3.63) is 59.0 Å².